The Labute approximate surface area is 153 Å². The van der Waals surface area contributed by atoms with Gasteiger partial charge >= 0.3 is 0 Å². The summed E-state index contributed by atoms with van der Waals surface area (Å²) in [5.74, 6) is -0.298. The van der Waals surface area contributed by atoms with Crippen molar-refractivity contribution in [2.75, 3.05) is 0 Å². The molecule has 0 aliphatic heterocycles. The minimum Gasteiger partial charge on any atom is -0.348 e. The third-order valence-corrected chi connectivity index (χ3v) is 5.41. The highest BCUT2D eigenvalue weighted by Gasteiger charge is 2.22. The Kier molecular flexibility index (Phi) is 5.87. The highest BCUT2D eigenvalue weighted by molar-refractivity contribution is 7.89. The van der Waals surface area contributed by atoms with Gasteiger partial charge in [0.1, 0.15) is 0 Å². The van der Waals surface area contributed by atoms with E-state index >= 15 is 0 Å². The minimum absolute atomic E-state index is 0.116. The summed E-state index contributed by atoms with van der Waals surface area (Å²) in [4.78, 5) is 12.3. The fourth-order valence-corrected chi connectivity index (χ4v) is 3.79. The zero-order valence-electron chi connectivity index (χ0n) is 14.3. The fourth-order valence-electron chi connectivity index (χ4n) is 2.17. The van der Waals surface area contributed by atoms with Crippen molar-refractivity contribution in [3.63, 3.8) is 0 Å². The Morgan fingerprint density at radius 1 is 1.04 bits per heavy atom. The second-order valence-electron chi connectivity index (χ2n) is 6.65. The summed E-state index contributed by atoms with van der Waals surface area (Å²) < 4.78 is 27.1. The molecule has 0 aromatic heterocycles. The highest BCUT2D eigenvalue weighted by atomic mass is 35.5. The molecule has 2 rings (SSSR count). The van der Waals surface area contributed by atoms with E-state index in [0.717, 1.165) is 5.56 Å². The van der Waals surface area contributed by atoms with Crippen LogP contribution >= 0.6 is 11.6 Å². The molecule has 0 saturated carbocycles. The first-order valence-corrected chi connectivity index (χ1v) is 9.60. The molecular formula is C18H21ClN2O3S. The lowest BCUT2D eigenvalue weighted by Crippen LogP contribution is -2.40. The molecule has 0 spiro atoms. The number of carbonyl (C=O) groups excluding carboxylic acids is 1. The average molecular weight is 381 g/mol. The standard InChI is InChI=1S/C18H21ClN2O3S/c1-18(2,3)21-25(23,24)15-10-8-13(9-11-15)17(22)20-12-14-6-4-5-7-16(14)19/h4-11,21H,12H2,1-3H3,(H,20,22). The lowest BCUT2D eigenvalue weighted by atomic mass is 10.1. The second kappa shape index (κ2) is 7.56. The Morgan fingerprint density at radius 3 is 2.20 bits per heavy atom. The summed E-state index contributed by atoms with van der Waals surface area (Å²) in [6.07, 6.45) is 0. The zero-order valence-corrected chi connectivity index (χ0v) is 15.9. The summed E-state index contributed by atoms with van der Waals surface area (Å²) in [6, 6.07) is 13.0. The van der Waals surface area contributed by atoms with Crippen LogP contribution in [0.3, 0.4) is 0 Å². The van der Waals surface area contributed by atoms with E-state index < -0.39 is 15.6 Å². The molecule has 2 aromatic carbocycles. The van der Waals surface area contributed by atoms with Crippen LogP contribution in [0.4, 0.5) is 0 Å². The van der Waals surface area contributed by atoms with Crippen LogP contribution in [-0.2, 0) is 16.6 Å². The summed E-state index contributed by atoms with van der Waals surface area (Å²) in [6.45, 7) is 5.59. The summed E-state index contributed by atoms with van der Waals surface area (Å²) >= 11 is 6.05. The number of carbonyl (C=O) groups is 1. The van der Waals surface area contributed by atoms with Gasteiger partial charge in [-0.1, -0.05) is 29.8 Å². The van der Waals surface area contributed by atoms with Gasteiger partial charge in [0.25, 0.3) is 5.91 Å². The highest BCUT2D eigenvalue weighted by Crippen LogP contribution is 2.16. The zero-order chi connectivity index (χ0) is 18.7. The predicted molar refractivity (Wildman–Crippen MR) is 99.1 cm³/mol. The van der Waals surface area contributed by atoms with E-state index in [0.29, 0.717) is 17.1 Å². The van der Waals surface area contributed by atoms with Gasteiger partial charge in [-0.05, 0) is 56.7 Å². The molecule has 0 aliphatic carbocycles. The van der Waals surface area contributed by atoms with Crippen LogP contribution in [0.25, 0.3) is 0 Å². The van der Waals surface area contributed by atoms with Crippen molar-refractivity contribution in [1.29, 1.82) is 0 Å². The molecule has 1 amide bonds. The molecule has 0 bridgehead atoms. The van der Waals surface area contributed by atoms with E-state index in [4.69, 9.17) is 11.6 Å². The number of sulfonamides is 1. The maximum absolute atomic E-state index is 12.3. The summed E-state index contributed by atoms with van der Waals surface area (Å²) in [5, 5.41) is 3.35. The third kappa shape index (κ3) is 5.56. The molecule has 0 fully saturated rings. The van der Waals surface area contributed by atoms with Gasteiger partial charge in [0.2, 0.25) is 10.0 Å². The first kappa shape index (κ1) is 19.4. The first-order valence-electron chi connectivity index (χ1n) is 7.74. The van der Waals surface area contributed by atoms with Crippen LogP contribution in [0.2, 0.25) is 5.02 Å². The van der Waals surface area contributed by atoms with Crippen LogP contribution in [0, 0.1) is 0 Å². The summed E-state index contributed by atoms with van der Waals surface area (Å²) in [5.41, 5.74) is 0.608. The largest absolute Gasteiger partial charge is 0.348 e. The fraction of sp³-hybridized carbons (Fsp3) is 0.278. The molecule has 2 N–H and O–H groups in total. The van der Waals surface area contributed by atoms with Crippen LogP contribution in [-0.4, -0.2) is 19.9 Å². The van der Waals surface area contributed by atoms with Crippen molar-refractivity contribution in [2.24, 2.45) is 0 Å². The maximum Gasteiger partial charge on any atom is 0.251 e. The van der Waals surface area contributed by atoms with Crippen LogP contribution in [0.1, 0.15) is 36.7 Å². The van der Waals surface area contributed by atoms with E-state index in [1.165, 1.54) is 24.3 Å². The van der Waals surface area contributed by atoms with Crippen molar-refractivity contribution in [3.05, 3.63) is 64.7 Å². The van der Waals surface area contributed by atoms with E-state index in [2.05, 4.69) is 10.0 Å². The summed E-state index contributed by atoms with van der Waals surface area (Å²) in [7, 11) is -3.62. The van der Waals surface area contributed by atoms with Gasteiger partial charge in [0.15, 0.2) is 0 Å². The normalized spacial score (nSPS) is 12.0. The number of hydrogen-bond acceptors (Lipinski definition) is 3. The van der Waals surface area contributed by atoms with Crippen LogP contribution in [0.15, 0.2) is 53.4 Å². The van der Waals surface area contributed by atoms with E-state index in [1.807, 2.05) is 18.2 Å². The topological polar surface area (TPSA) is 75.3 Å². The van der Waals surface area contributed by atoms with E-state index in [1.54, 1.807) is 26.8 Å². The quantitative estimate of drug-likeness (QED) is 0.835. The Morgan fingerprint density at radius 2 is 1.64 bits per heavy atom. The molecule has 5 nitrogen and oxygen atoms in total. The number of amides is 1. The molecule has 0 radical (unpaired) electrons. The Hall–Kier alpha value is -1.89. The van der Waals surface area contributed by atoms with Gasteiger partial charge in [-0.2, -0.15) is 0 Å². The number of halogens is 1. The van der Waals surface area contributed by atoms with E-state index in [-0.39, 0.29) is 10.8 Å². The van der Waals surface area contributed by atoms with Gasteiger partial charge in [0.05, 0.1) is 4.90 Å². The van der Waals surface area contributed by atoms with Gasteiger partial charge < -0.3 is 5.32 Å². The number of benzene rings is 2. The number of rotatable bonds is 5. The van der Waals surface area contributed by atoms with Gasteiger partial charge in [0, 0.05) is 22.7 Å². The third-order valence-electron chi connectivity index (χ3n) is 3.26. The predicted octanol–water partition coefficient (Wildman–Crippen LogP) is 3.35. The molecule has 134 valence electrons. The molecule has 7 heteroatoms. The molecule has 25 heavy (non-hydrogen) atoms. The van der Waals surface area contributed by atoms with E-state index in [9.17, 15) is 13.2 Å². The Balaban J connectivity index is 2.07. The minimum atomic E-state index is -3.62. The van der Waals surface area contributed by atoms with Crippen LogP contribution in [0.5, 0.6) is 0 Å². The second-order valence-corrected chi connectivity index (χ2v) is 8.74. The molecular weight excluding hydrogens is 360 g/mol. The maximum atomic E-state index is 12.3. The van der Waals surface area contributed by atoms with Crippen molar-refractivity contribution >= 4 is 27.5 Å². The van der Waals surface area contributed by atoms with Crippen molar-refractivity contribution in [1.82, 2.24) is 10.0 Å². The van der Waals surface area contributed by atoms with Crippen molar-refractivity contribution in [3.8, 4) is 0 Å². The van der Waals surface area contributed by atoms with Gasteiger partial charge in [-0.25, -0.2) is 13.1 Å². The molecule has 0 heterocycles. The average Bonchev–Trinajstić information content (AvgIpc) is 2.52. The number of hydrogen-bond donors (Lipinski definition) is 2. The smallest absolute Gasteiger partial charge is 0.251 e. The number of nitrogens with one attached hydrogen (secondary N) is 2. The monoisotopic (exact) mass is 380 g/mol. The van der Waals surface area contributed by atoms with Crippen molar-refractivity contribution < 1.29 is 13.2 Å². The lowest BCUT2D eigenvalue weighted by molar-refractivity contribution is 0.0951. The molecule has 0 saturated heterocycles. The van der Waals surface area contributed by atoms with Gasteiger partial charge in [-0.15, -0.1) is 0 Å². The van der Waals surface area contributed by atoms with Gasteiger partial charge in [-0.3, -0.25) is 4.79 Å². The molecule has 0 aliphatic rings. The molecule has 0 unspecified atom stereocenters. The van der Waals surface area contributed by atoms with Crippen molar-refractivity contribution in [2.45, 2.75) is 37.8 Å². The molecule has 0 atom stereocenters. The SMILES string of the molecule is CC(C)(C)NS(=O)(=O)c1ccc(C(=O)NCc2ccccc2Cl)cc1. The lowest BCUT2D eigenvalue weighted by Gasteiger charge is -2.20. The first-order chi connectivity index (χ1) is 11.6. The molecule has 2 aromatic rings. The Bertz CT molecular complexity index is 857. The van der Waals surface area contributed by atoms with Crippen LogP contribution < -0.4 is 10.0 Å².